The molecule has 0 rings (SSSR count). The molecule has 1 atom stereocenters. The zero-order valence-corrected chi connectivity index (χ0v) is 12.1. The maximum atomic E-state index is 11.9. The van der Waals surface area contributed by atoms with Crippen LogP contribution in [0.25, 0.3) is 0 Å². The fraction of sp³-hybridized carbons (Fsp3) is 0.667. The molecule has 0 aromatic rings. The second-order valence-corrected chi connectivity index (χ2v) is 4.50. The quantitative estimate of drug-likeness (QED) is 0.278. The van der Waals surface area contributed by atoms with Crippen LogP contribution in [0.4, 0.5) is 0 Å². The first-order chi connectivity index (χ1) is 9.86. The maximum Gasteiger partial charge on any atom is 0.243 e. The molecule has 7 N–H and O–H groups in total. The summed E-state index contributed by atoms with van der Waals surface area (Å²) in [6.07, 6.45) is 1.74. The van der Waals surface area contributed by atoms with Crippen molar-refractivity contribution in [1.29, 1.82) is 0 Å². The smallest absolute Gasteiger partial charge is 0.243 e. The minimum atomic E-state index is -0.794. The van der Waals surface area contributed by atoms with E-state index in [1.807, 2.05) is 0 Å². The number of amides is 4. The molecule has 0 aliphatic carbocycles. The van der Waals surface area contributed by atoms with Crippen molar-refractivity contribution in [3.05, 3.63) is 0 Å². The van der Waals surface area contributed by atoms with Gasteiger partial charge in [0.2, 0.25) is 23.6 Å². The number of primary amides is 1. The number of carbonyl (C=O) groups is 4. The Hall–Kier alpha value is -2.16. The molecule has 0 heterocycles. The average molecular weight is 301 g/mol. The first-order valence-electron chi connectivity index (χ1n) is 6.66. The number of rotatable bonds is 10. The van der Waals surface area contributed by atoms with Crippen LogP contribution in [-0.4, -0.2) is 49.3 Å². The first kappa shape index (κ1) is 18.8. The molecule has 0 aromatic heterocycles. The average Bonchev–Trinajstić information content (AvgIpc) is 2.41. The van der Waals surface area contributed by atoms with Gasteiger partial charge < -0.3 is 27.4 Å². The predicted molar refractivity (Wildman–Crippen MR) is 75.7 cm³/mol. The largest absolute Gasteiger partial charge is 0.368 e. The molecule has 0 fully saturated rings. The summed E-state index contributed by atoms with van der Waals surface area (Å²) in [6, 6.07) is -0.794. The van der Waals surface area contributed by atoms with Gasteiger partial charge in [-0.2, -0.15) is 0 Å². The normalized spacial score (nSPS) is 11.3. The van der Waals surface area contributed by atoms with Crippen LogP contribution in [0.15, 0.2) is 0 Å². The van der Waals surface area contributed by atoms with E-state index in [4.69, 9.17) is 11.5 Å². The van der Waals surface area contributed by atoms with Crippen LogP contribution in [0.5, 0.6) is 0 Å². The molecule has 0 radical (unpaired) electrons. The lowest BCUT2D eigenvalue weighted by atomic mass is 10.1. The van der Waals surface area contributed by atoms with Crippen LogP contribution >= 0.6 is 0 Å². The third kappa shape index (κ3) is 10.3. The minimum Gasteiger partial charge on any atom is -0.368 e. The fourth-order valence-corrected chi connectivity index (χ4v) is 1.51. The summed E-state index contributed by atoms with van der Waals surface area (Å²) in [5.41, 5.74) is 10.3. The van der Waals surface area contributed by atoms with E-state index in [0.717, 1.165) is 0 Å². The van der Waals surface area contributed by atoms with Crippen molar-refractivity contribution in [2.24, 2.45) is 11.5 Å². The lowest BCUT2D eigenvalue weighted by molar-refractivity contribution is -0.130. The zero-order valence-electron chi connectivity index (χ0n) is 12.1. The van der Waals surface area contributed by atoms with Crippen molar-refractivity contribution in [2.45, 2.75) is 32.2 Å². The van der Waals surface area contributed by atoms with Gasteiger partial charge in [-0.3, -0.25) is 19.2 Å². The monoisotopic (exact) mass is 301 g/mol. The van der Waals surface area contributed by atoms with E-state index in [0.29, 0.717) is 25.8 Å². The first-order valence-corrected chi connectivity index (χ1v) is 6.66. The molecule has 9 heteroatoms. The number of nitrogens with two attached hydrogens (primary N) is 2. The van der Waals surface area contributed by atoms with Gasteiger partial charge in [0.05, 0.1) is 13.1 Å². The molecule has 0 unspecified atom stereocenters. The Labute approximate surface area is 123 Å². The van der Waals surface area contributed by atoms with E-state index in [9.17, 15) is 19.2 Å². The van der Waals surface area contributed by atoms with Crippen molar-refractivity contribution < 1.29 is 19.2 Å². The van der Waals surface area contributed by atoms with Crippen LogP contribution in [0.3, 0.4) is 0 Å². The molecule has 0 aromatic carbocycles. The lowest BCUT2D eigenvalue weighted by Gasteiger charge is -2.18. The van der Waals surface area contributed by atoms with Crippen LogP contribution < -0.4 is 27.4 Å². The summed E-state index contributed by atoms with van der Waals surface area (Å²) in [5, 5.41) is 7.16. The minimum absolute atomic E-state index is 0.216. The molecule has 0 spiro atoms. The SMILES string of the molecule is CC(=O)NCC(=O)N[C@H](CCCCN)C(=O)NCC(N)=O. The zero-order chi connectivity index (χ0) is 16.3. The molecule has 0 saturated carbocycles. The van der Waals surface area contributed by atoms with E-state index in [1.165, 1.54) is 6.92 Å². The topological polar surface area (TPSA) is 156 Å². The van der Waals surface area contributed by atoms with Crippen molar-refractivity contribution in [2.75, 3.05) is 19.6 Å². The second kappa shape index (κ2) is 10.6. The summed E-state index contributed by atoms with van der Waals surface area (Å²) < 4.78 is 0. The van der Waals surface area contributed by atoms with E-state index in [-0.39, 0.29) is 19.0 Å². The van der Waals surface area contributed by atoms with E-state index in [1.54, 1.807) is 0 Å². The predicted octanol–water partition coefficient (Wildman–Crippen LogP) is -2.66. The van der Waals surface area contributed by atoms with Gasteiger partial charge in [-0.1, -0.05) is 0 Å². The summed E-state index contributed by atoms with van der Waals surface area (Å²) in [4.78, 5) is 44.8. The number of carbonyl (C=O) groups excluding carboxylic acids is 4. The van der Waals surface area contributed by atoms with Crippen molar-refractivity contribution in [1.82, 2.24) is 16.0 Å². The number of unbranched alkanes of at least 4 members (excludes halogenated alkanes) is 1. The highest BCUT2D eigenvalue weighted by atomic mass is 16.2. The lowest BCUT2D eigenvalue weighted by Crippen LogP contribution is -2.50. The number of hydrogen-bond donors (Lipinski definition) is 5. The number of hydrogen-bond acceptors (Lipinski definition) is 5. The molecule has 120 valence electrons. The van der Waals surface area contributed by atoms with E-state index < -0.39 is 23.8 Å². The molecule has 9 nitrogen and oxygen atoms in total. The maximum absolute atomic E-state index is 11.9. The van der Waals surface area contributed by atoms with Crippen LogP contribution in [0, 0.1) is 0 Å². The van der Waals surface area contributed by atoms with Gasteiger partial charge in [-0.05, 0) is 25.8 Å². The van der Waals surface area contributed by atoms with Gasteiger partial charge in [-0.15, -0.1) is 0 Å². The van der Waals surface area contributed by atoms with Gasteiger partial charge in [-0.25, -0.2) is 0 Å². The Morgan fingerprint density at radius 1 is 1.05 bits per heavy atom. The molecule has 0 aliphatic rings. The molecule has 0 aliphatic heterocycles. The Morgan fingerprint density at radius 2 is 1.71 bits per heavy atom. The van der Waals surface area contributed by atoms with E-state index in [2.05, 4.69) is 16.0 Å². The molecule has 21 heavy (non-hydrogen) atoms. The van der Waals surface area contributed by atoms with Crippen LogP contribution in [0.1, 0.15) is 26.2 Å². The Balaban J connectivity index is 4.42. The summed E-state index contributed by atoms with van der Waals surface area (Å²) in [5.74, 6) is -2.00. The molecular weight excluding hydrogens is 278 g/mol. The highest BCUT2D eigenvalue weighted by Crippen LogP contribution is 2.00. The van der Waals surface area contributed by atoms with E-state index >= 15 is 0 Å². The van der Waals surface area contributed by atoms with Crippen molar-refractivity contribution in [3.63, 3.8) is 0 Å². The van der Waals surface area contributed by atoms with Gasteiger partial charge in [0, 0.05) is 6.92 Å². The molecule has 0 saturated heterocycles. The standard InChI is InChI=1S/C12H23N5O4/c1-8(18)15-7-11(20)17-9(4-2-3-5-13)12(21)16-6-10(14)19/h9H,2-7,13H2,1H3,(H2,14,19)(H,15,18)(H,16,21)(H,17,20)/t9-/m1/s1. The summed E-state index contributed by atoms with van der Waals surface area (Å²) in [7, 11) is 0. The van der Waals surface area contributed by atoms with Gasteiger partial charge in [0.25, 0.3) is 0 Å². The Kier molecular flexibility index (Phi) is 9.52. The van der Waals surface area contributed by atoms with Crippen LogP contribution in [0.2, 0.25) is 0 Å². The highest BCUT2D eigenvalue weighted by molar-refractivity contribution is 5.91. The highest BCUT2D eigenvalue weighted by Gasteiger charge is 2.20. The van der Waals surface area contributed by atoms with Gasteiger partial charge in [0.15, 0.2) is 0 Å². The van der Waals surface area contributed by atoms with Gasteiger partial charge in [0.1, 0.15) is 6.04 Å². The Bertz CT molecular complexity index is 386. The number of nitrogens with one attached hydrogen (secondary N) is 3. The fourth-order valence-electron chi connectivity index (χ4n) is 1.51. The second-order valence-electron chi connectivity index (χ2n) is 4.50. The van der Waals surface area contributed by atoms with Gasteiger partial charge >= 0.3 is 0 Å². The molecule has 0 bridgehead atoms. The summed E-state index contributed by atoms with van der Waals surface area (Å²) in [6.45, 7) is 1.25. The molecule has 4 amide bonds. The third-order valence-corrected chi connectivity index (χ3v) is 2.53. The molecular formula is C12H23N5O4. The van der Waals surface area contributed by atoms with Crippen molar-refractivity contribution in [3.8, 4) is 0 Å². The van der Waals surface area contributed by atoms with Crippen LogP contribution in [-0.2, 0) is 19.2 Å². The van der Waals surface area contributed by atoms with Crippen molar-refractivity contribution >= 4 is 23.6 Å². The third-order valence-electron chi connectivity index (χ3n) is 2.53. The summed E-state index contributed by atoms with van der Waals surface area (Å²) >= 11 is 0. The Morgan fingerprint density at radius 3 is 2.24 bits per heavy atom.